The Morgan fingerprint density at radius 2 is 1.91 bits per heavy atom. The average Bonchev–Trinajstić information content (AvgIpc) is 2.49. The fourth-order valence-electron chi connectivity index (χ4n) is 3.06. The smallest absolute Gasteiger partial charge is 0.248 e. The largest absolute Gasteiger partial charge is 0.322 e. The number of hydrogen-bond acceptors (Lipinski definition) is 3. The van der Waals surface area contributed by atoms with Crippen molar-refractivity contribution in [1.29, 1.82) is 0 Å². The number of H-pyrrole nitrogens is 1. The molecule has 0 amide bonds. The van der Waals surface area contributed by atoms with Gasteiger partial charge in [0.1, 0.15) is 0 Å². The first-order chi connectivity index (χ1) is 10.5. The van der Waals surface area contributed by atoms with Crippen LogP contribution < -0.4 is 10.3 Å². The van der Waals surface area contributed by atoms with Gasteiger partial charge in [-0.2, -0.15) is 0 Å². The molecule has 118 valence electrons. The van der Waals surface area contributed by atoms with E-state index in [9.17, 15) is 13.2 Å². The number of sulfonamides is 1. The van der Waals surface area contributed by atoms with E-state index in [-0.39, 0.29) is 16.5 Å². The van der Waals surface area contributed by atoms with Gasteiger partial charge in [-0.25, -0.2) is 13.1 Å². The van der Waals surface area contributed by atoms with Gasteiger partial charge in [-0.05, 0) is 48.4 Å². The van der Waals surface area contributed by atoms with Crippen LogP contribution in [0.4, 0.5) is 0 Å². The van der Waals surface area contributed by atoms with Crippen molar-refractivity contribution in [3.8, 4) is 0 Å². The maximum absolute atomic E-state index is 12.6. The Labute approximate surface area is 129 Å². The molecule has 1 aliphatic rings. The van der Waals surface area contributed by atoms with E-state index in [1.807, 2.05) is 0 Å². The molecule has 1 aromatic carbocycles. The van der Waals surface area contributed by atoms with Gasteiger partial charge in [-0.3, -0.25) is 4.79 Å². The van der Waals surface area contributed by atoms with E-state index in [1.54, 1.807) is 18.2 Å². The van der Waals surface area contributed by atoms with Crippen LogP contribution in [0.1, 0.15) is 32.6 Å². The van der Waals surface area contributed by atoms with Crippen LogP contribution in [0.15, 0.2) is 40.0 Å². The van der Waals surface area contributed by atoms with Crippen LogP contribution >= 0.6 is 0 Å². The lowest BCUT2D eigenvalue weighted by Gasteiger charge is -2.29. The fraction of sp³-hybridized carbons (Fsp3) is 0.438. The van der Waals surface area contributed by atoms with Crippen molar-refractivity contribution in [2.75, 3.05) is 0 Å². The summed E-state index contributed by atoms with van der Waals surface area (Å²) in [6.45, 7) is 2.09. The molecule has 3 rings (SSSR count). The molecule has 2 atom stereocenters. The number of hydrogen-bond donors (Lipinski definition) is 2. The zero-order valence-electron chi connectivity index (χ0n) is 12.5. The molecule has 1 aromatic heterocycles. The van der Waals surface area contributed by atoms with Gasteiger partial charge in [0.05, 0.1) is 4.90 Å². The topological polar surface area (TPSA) is 79.0 Å². The maximum Gasteiger partial charge on any atom is 0.248 e. The molecule has 22 heavy (non-hydrogen) atoms. The van der Waals surface area contributed by atoms with Gasteiger partial charge < -0.3 is 4.98 Å². The highest BCUT2D eigenvalue weighted by Crippen LogP contribution is 2.25. The van der Waals surface area contributed by atoms with Gasteiger partial charge in [0, 0.05) is 17.6 Å². The molecule has 0 spiro atoms. The number of benzene rings is 1. The van der Waals surface area contributed by atoms with Crippen LogP contribution in [0.3, 0.4) is 0 Å². The Hall–Kier alpha value is -1.66. The first kappa shape index (κ1) is 15.2. The van der Waals surface area contributed by atoms with Crippen LogP contribution in [0, 0.1) is 5.92 Å². The summed E-state index contributed by atoms with van der Waals surface area (Å²) in [7, 11) is -3.54. The predicted octanol–water partition coefficient (Wildman–Crippen LogP) is 2.39. The van der Waals surface area contributed by atoms with E-state index in [4.69, 9.17) is 0 Å². The molecule has 1 aliphatic carbocycles. The van der Waals surface area contributed by atoms with Crippen molar-refractivity contribution < 1.29 is 8.42 Å². The molecule has 1 heterocycles. The molecule has 2 aromatic rings. The quantitative estimate of drug-likeness (QED) is 0.911. The minimum Gasteiger partial charge on any atom is -0.322 e. The lowest BCUT2D eigenvalue weighted by molar-refractivity contribution is 0.310. The summed E-state index contributed by atoms with van der Waals surface area (Å²) in [5.41, 5.74) is 0.440. The SMILES string of the molecule is CC1CCCCC1NS(=O)(=O)c1ccc2[nH]c(=O)ccc2c1. The van der Waals surface area contributed by atoms with Crippen LogP contribution in [-0.4, -0.2) is 19.4 Å². The second-order valence-corrected chi connectivity index (χ2v) is 7.78. The summed E-state index contributed by atoms with van der Waals surface area (Å²) < 4.78 is 28.0. The summed E-state index contributed by atoms with van der Waals surface area (Å²) in [5, 5.41) is 0.708. The van der Waals surface area contributed by atoms with Crippen molar-refractivity contribution in [2.45, 2.75) is 43.5 Å². The van der Waals surface area contributed by atoms with E-state index >= 15 is 0 Å². The molecule has 0 radical (unpaired) electrons. The lowest BCUT2D eigenvalue weighted by atomic mass is 9.87. The number of rotatable bonds is 3. The molecular weight excluding hydrogens is 300 g/mol. The molecule has 1 saturated carbocycles. The van der Waals surface area contributed by atoms with Gasteiger partial charge in [-0.15, -0.1) is 0 Å². The Bertz CT molecular complexity index is 842. The number of pyridine rings is 1. The first-order valence-corrected chi connectivity index (χ1v) is 9.09. The molecule has 5 nitrogen and oxygen atoms in total. The second-order valence-electron chi connectivity index (χ2n) is 6.06. The van der Waals surface area contributed by atoms with E-state index in [1.165, 1.54) is 18.6 Å². The standard InChI is InChI=1S/C16H20N2O3S/c1-11-4-2-3-5-14(11)18-22(20,21)13-7-8-15-12(10-13)6-9-16(19)17-15/h6-11,14,18H,2-5H2,1H3,(H,17,19). The highest BCUT2D eigenvalue weighted by Gasteiger charge is 2.26. The lowest BCUT2D eigenvalue weighted by Crippen LogP contribution is -2.40. The molecule has 6 heteroatoms. The van der Waals surface area contributed by atoms with Crippen LogP contribution in [0.5, 0.6) is 0 Å². The van der Waals surface area contributed by atoms with E-state index in [2.05, 4.69) is 16.6 Å². The van der Waals surface area contributed by atoms with E-state index in [0.29, 0.717) is 16.8 Å². The Morgan fingerprint density at radius 3 is 2.68 bits per heavy atom. The van der Waals surface area contributed by atoms with Crippen LogP contribution in [0.25, 0.3) is 10.9 Å². The maximum atomic E-state index is 12.6. The van der Waals surface area contributed by atoms with Crippen molar-refractivity contribution in [3.05, 3.63) is 40.7 Å². The fourth-order valence-corrected chi connectivity index (χ4v) is 4.47. The third-order valence-electron chi connectivity index (χ3n) is 4.42. The zero-order chi connectivity index (χ0) is 15.7. The minimum absolute atomic E-state index is 0.00465. The van der Waals surface area contributed by atoms with Crippen molar-refractivity contribution >= 4 is 20.9 Å². The predicted molar refractivity (Wildman–Crippen MR) is 86.3 cm³/mol. The van der Waals surface area contributed by atoms with Crippen LogP contribution in [0.2, 0.25) is 0 Å². The van der Waals surface area contributed by atoms with Gasteiger partial charge >= 0.3 is 0 Å². The van der Waals surface area contributed by atoms with Gasteiger partial charge in [-0.1, -0.05) is 19.8 Å². The molecule has 0 saturated heterocycles. The minimum atomic E-state index is -3.54. The summed E-state index contributed by atoms with van der Waals surface area (Å²) in [4.78, 5) is 14.2. The normalized spacial score (nSPS) is 22.8. The van der Waals surface area contributed by atoms with Gasteiger partial charge in [0.2, 0.25) is 15.6 Å². The van der Waals surface area contributed by atoms with Gasteiger partial charge in [0.15, 0.2) is 0 Å². The van der Waals surface area contributed by atoms with Gasteiger partial charge in [0.25, 0.3) is 0 Å². The van der Waals surface area contributed by atoms with E-state index < -0.39 is 10.0 Å². The molecule has 2 unspecified atom stereocenters. The van der Waals surface area contributed by atoms with Crippen molar-refractivity contribution in [2.24, 2.45) is 5.92 Å². The molecule has 0 aliphatic heterocycles. The summed E-state index contributed by atoms with van der Waals surface area (Å²) in [6, 6.07) is 7.81. The summed E-state index contributed by atoms with van der Waals surface area (Å²) in [5.74, 6) is 0.361. The molecule has 1 fully saturated rings. The molecular formula is C16H20N2O3S. The molecule has 0 bridgehead atoms. The monoisotopic (exact) mass is 320 g/mol. The third-order valence-corrected chi connectivity index (χ3v) is 5.91. The molecule has 2 N–H and O–H groups in total. The van der Waals surface area contributed by atoms with Crippen molar-refractivity contribution in [3.63, 3.8) is 0 Å². The third kappa shape index (κ3) is 3.08. The Balaban J connectivity index is 1.91. The number of fused-ring (bicyclic) bond motifs is 1. The summed E-state index contributed by atoms with van der Waals surface area (Å²) >= 11 is 0. The summed E-state index contributed by atoms with van der Waals surface area (Å²) in [6.07, 6.45) is 4.19. The first-order valence-electron chi connectivity index (χ1n) is 7.61. The average molecular weight is 320 g/mol. The number of aromatic nitrogens is 1. The highest BCUT2D eigenvalue weighted by molar-refractivity contribution is 7.89. The Kier molecular flexibility index (Phi) is 4.06. The highest BCUT2D eigenvalue weighted by atomic mass is 32.2. The second kappa shape index (κ2) is 5.85. The van der Waals surface area contributed by atoms with Crippen molar-refractivity contribution in [1.82, 2.24) is 9.71 Å². The zero-order valence-corrected chi connectivity index (χ0v) is 13.3. The Morgan fingerprint density at radius 1 is 1.14 bits per heavy atom. The number of aromatic amines is 1. The van der Waals surface area contributed by atoms with Crippen LogP contribution in [-0.2, 0) is 10.0 Å². The number of nitrogens with one attached hydrogen (secondary N) is 2. The van der Waals surface area contributed by atoms with E-state index in [0.717, 1.165) is 19.3 Å².